The second kappa shape index (κ2) is 10.5. The molecule has 29 heavy (non-hydrogen) atoms. The number of carbonyl (C=O) groups excluding carboxylic acids is 2. The van der Waals surface area contributed by atoms with Gasteiger partial charge in [-0.05, 0) is 54.7 Å². The molecule has 0 saturated heterocycles. The van der Waals surface area contributed by atoms with Gasteiger partial charge in [-0.15, -0.1) is 0 Å². The standard InChI is InChI=1S/C22H25F2NO4/c1-14(2)12-16-4-6-17(7-5-16)15(3)25-20(26)13-28-21(27)18-8-10-19(11-9-18)29-22(23)24/h4-11,14-15,22H,12-13H2,1-3H3,(H,25,26)/t15-/m1/s1. The van der Waals surface area contributed by atoms with Gasteiger partial charge in [0.1, 0.15) is 5.75 Å². The number of nitrogens with one attached hydrogen (secondary N) is 1. The third-order valence-corrected chi connectivity index (χ3v) is 4.15. The van der Waals surface area contributed by atoms with Gasteiger partial charge in [-0.3, -0.25) is 4.79 Å². The van der Waals surface area contributed by atoms with Crippen LogP contribution in [0.4, 0.5) is 8.78 Å². The molecule has 0 bridgehead atoms. The number of benzene rings is 2. The Morgan fingerprint density at radius 2 is 1.59 bits per heavy atom. The lowest BCUT2D eigenvalue weighted by atomic mass is 10.00. The Balaban J connectivity index is 1.81. The van der Waals surface area contributed by atoms with E-state index in [1.54, 1.807) is 0 Å². The van der Waals surface area contributed by atoms with Gasteiger partial charge < -0.3 is 14.8 Å². The number of amides is 1. The van der Waals surface area contributed by atoms with Gasteiger partial charge in [-0.2, -0.15) is 8.78 Å². The van der Waals surface area contributed by atoms with Crippen molar-refractivity contribution < 1.29 is 27.8 Å². The van der Waals surface area contributed by atoms with Gasteiger partial charge in [0.05, 0.1) is 11.6 Å². The van der Waals surface area contributed by atoms with E-state index in [1.165, 1.54) is 29.8 Å². The van der Waals surface area contributed by atoms with E-state index in [9.17, 15) is 18.4 Å². The van der Waals surface area contributed by atoms with Gasteiger partial charge in [-0.1, -0.05) is 38.1 Å². The highest BCUT2D eigenvalue weighted by Gasteiger charge is 2.14. The lowest BCUT2D eigenvalue weighted by molar-refractivity contribution is -0.124. The van der Waals surface area contributed by atoms with E-state index in [4.69, 9.17) is 4.74 Å². The summed E-state index contributed by atoms with van der Waals surface area (Å²) in [6.07, 6.45) is 0.992. The number of alkyl halides is 2. The van der Waals surface area contributed by atoms with Crippen LogP contribution in [0.3, 0.4) is 0 Å². The molecule has 0 aromatic heterocycles. The van der Waals surface area contributed by atoms with Crippen LogP contribution >= 0.6 is 0 Å². The van der Waals surface area contributed by atoms with E-state index in [-0.39, 0.29) is 17.4 Å². The Bertz CT molecular complexity index is 805. The summed E-state index contributed by atoms with van der Waals surface area (Å²) in [4.78, 5) is 24.0. The molecular weight excluding hydrogens is 380 g/mol. The van der Waals surface area contributed by atoms with Crippen LogP contribution < -0.4 is 10.1 Å². The van der Waals surface area contributed by atoms with Crippen molar-refractivity contribution in [1.82, 2.24) is 5.32 Å². The molecule has 2 aromatic carbocycles. The van der Waals surface area contributed by atoms with E-state index >= 15 is 0 Å². The summed E-state index contributed by atoms with van der Waals surface area (Å²) in [5, 5.41) is 2.77. The van der Waals surface area contributed by atoms with Crippen molar-refractivity contribution in [2.45, 2.75) is 39.8 Å². The second-order valence-corrected chi connectivity index (χ2v) is 7.11. The van der Waals surface area contributed by atoms with Crippen molar-refractivity contribution in [3.05, 3.63) is 65.2 Å². The number of hydrogen-bond acceptors (Lipinski definition) is 4. The first kappa shape index (κ1) is 22.3. The minimum atomic E-state index is -2.94. The first-order valence-corrected chi connectivity index (χ1v) is 9.34. The Hall–Kier alpha value is -2.96. The van der Waals surface area contributed by atoms with Gasteiger partial charge in [-0.25, -0.2) is 4.79 Å². The highest BCUT2D eigenvalue weighted by molar-refractivity contribution is 5.91. The van der Waals surface area contributed by atoms with Crippen molar-refractivity contribution in [3.8, 4) is 5.75 Å². The van der Waals surface area contributed by atoms with Gasteiger partial charge in [0.15, 0.2) is 6.61 Å². The zero-order valence-electron chi connectivity index (χ0n) is 16.7. The molecule has 0 aliphatic rings. The maximum Gasteiger partial charge on any atom is 0.387 e. The average molecular weight is 405 g/mol. The topological polar surface area (TPSA) is 64.6 Å². The zero-order chi connectivity index (χ0) is 21.4. The molecule has 0 radical (unpaired) electrons. The Morgan fingerprint density at radius 1 is 0.966 bits per heavy atom. The summed E-state index contributed by atoms with van der Waals surface area (Å²) in [6, 6.07) is 12.8. The fourth-order valence-corrected chi connectivity index (χ4v) is 2.77. The van der Waals surface area contributed by atoms with Crippen molar-refractivity contribution in [3.63, 3.8) is 0 Å². The number of esters is 1. The first-order valence-electron chi connectivity index (χ1n) is 9.34. The third-order valence-electron chi connectivity index (χ3n) is 4.15. The van der Waals surface area contributed by atoms with Gasteiger partial charge >= 0.3 is 12.6 Å². The van der Waals surface area contributed by atoms with Crippen molar-refractivity contribution >= 4 is 11.9 Å². The summed E-state index contributed by atoms with van der Waals surface area (Å²) >= 11 is 0. The smallest absolute Gasteiger partial charge is 0.387 e. The van der Waals surface area contributed by atoms with Crippen LogP contribution in [0.1, 0.15) is 48.3 Å². The minimum Gasteiger partial charge on any atom is -0.452 e. The van der Waals surface area contributed by atoms with E-state index < -0.39 is 25.1 Å². The molecule has 0 aliphatic heterocycles. The van der Waals surface area contributed by atoms with Crippen molar-refractivity contribution in [2.24, 2.45) is 5.92 Å². The van der Waals surface area contributed by atoms with Crippen LogP contribution in [0.25, 0.3) is 0 Å². The van der Waals surface area contributed by atoms with Crippen LogP contribution in [0.2, 0.25) is 0 Å². The molecule has 5 nitrogen and oxygen atoms in total. The summed E-state index contributed by atoms with van der Waals surface area (Å²) < 4.78 is 33.4. The van der Waals surface area contributed by atoms with Gasteiger partial charge in [0, 0.05) is 0 Å². The number of ether oxygens (including phenoxy) is 2. The molecule has 0 aliphatic carbocycles. The van der Waals surface area contributed by atoms with Crippen LogP contribution in [0, 0.1) is 5.92 Å². The van der Waals surface area contributed by atoms with Crippen LogP contribution in [-0.2, 0) is 16.0 Å². The molecule has 0 spiro atoms. The highest BCUT2D eigenvalue weighted by Crippen LogP contribution is 2.17. The molecule has 1 amide bonds. The molecule has 0 saturated carbocycles. The quantitative estimate of drug-likeness (QED) is 0.623. The highest BCUT2D eigenvalue weighted by atomic mass is 19.3. The molecule has 2 aromatic rings. The Kier molecular flexibility index (Phi) is 8.12. The maximum atomic E-state index is 12.1. The van der Waals surface area contributed by atoms with Gasteiger partial charge in [0.25, 0.3) is 5.91 Å². The monoisotopic (exact) mass is 405 g/mol. The summed E-state index contributed by atoms with van der Waals surface area (Å²) in [7, 11) is 0. The molecular formula is C22H25F2NO4. The van der Waals surface area contributed by atoms with Crippen molar-refractivity contribution in [1.29, 1.82) is 0 Å². The number of carbonyl (C=O) groups is 2. The van der Waals surface area contributed by atoms with Gasteiger partial charge in [0.2, 0.25) is 0 Å². The number of hydrogen-bond donors (Lipinski definition) is 1. The predicted molar refractivity (Wildman–Crippen MR) is 105 cm³/mol. The molecule has 1 atom stereocenters. The molecule has 156 valence electrons. The first-order chi connectivity index (χ1) is 13.7. The summed E-state index contributed by atoms with van der Waals surface area (Å²) in [5.41, 5.74) is 2.32. The maximum absolute atomic E-state index is 12.1. The summed E-state index contributed by atoms with van der Waals surface area (Å²) in [5.74, 6) is -0.660. The number of rotatable bonds is 9. The fourth-order valence-electron chi connectivity index (χ4n) is 2.77. The fraction of sp³-hybridized carbons (Fsp3) is 0.364. The normalized spacial score (nSPS) is 12.0. The SMILES string of the molecule is CC(C)Cc1ccc([C@@H](C)NC(=O)COC(=O)c2ccc(OC(F)F)cc2)cc1. The lowest BCUT2D eigenvalue weighted by Crippen LogP contribution is -2.31. The largest absolute Gasteiger partial charge is 0.452 e. The van der Waals surface area contributed by atoms with E-state index in [1.807, 2.05) is 31.2 Å². The number of halogens is 2. The Morgan fingerprint density at radius 3 is 2.14 bits per heavy atom. The second-order valence-electron chi connectivity index (χ2n) is 7.11. The van der Waals surface area contributed by atoms with E-state index in [0.717, 1.165) is 12.0 Å². The van der Waals surface area contributed by atoms with E-state index in [0.29, 0.717) is 5.92 Å². The lowest BCUT2D eigenvalue weighted by Gasteiger charge is -2.15. The zero-order valence-corrected chi connectivity index (χ0v) is 16.7. The molecule has 0 fully saturated rings. The van der Waals surface area contributed by atoms with Crippen LogP contribution in [0.15, 0.2) is 48.5 Å². The summed E-state index contributed by atoms with van der Waals surface area (Å²) in [6.45, 7) is 2.78. The molecule has 1 N–H and O–H groups in total. The minimum absolute atomic E-state index is 0.0671. The Labute approximate surface area is 169 Å². The average Bonchev–Trinajstić information content (AvgIpc) is 2.66. The predicted octanol–water partition coefficient (Wildman–Crippen LogP) is 4.52. The van der Waals surface area contributed by atoms with Crippen molar-refractivity contribution in [2.75, 3.05) is 6.61 Å². The van der Waals surface area contributed by atoms with Crippen LogP contribution in [-0.4, -0.2) is 25.1 Å². The van der Waals surface area contributed by atoms with Crippen LogP contribution in [0.5, 0.6) is 5.75 Å². The molecule has 7 heteroatoms. The van der Waals surface area contributed by atoms with E-state index in [2.05, 4.69) is 23.9 Å². The third kappa shape index (κ3) is 7.52. The molecule has 0 heterocycles. The molecule has 2 rings (SSSR count). The molecule has 0 unspecified atom stereocenters.